The summed E-state index contributed by atoms with van der Waals surface area (Å²) in [6.07, 6.45) is 5.66. The Morgan fingerprint density at radius 2 is 2.14 bits per heavy atom. The van der Waals surface area contributed by atoms with Gasteiger partial charge >= 0.3 is 0 Å². The van der Waals surface area contributed by atoms with Crippen LogP contribution in [0, 0.1) is 13.8 Å². The second-order valence-electron chi connectivity index (χ2n) is 6.18. The van der Waals surface area contributed by atoms with Gasteiger partial charge in [-0.25, -0.2) is 15.0 Å². The molecule has 5 heteroatoms. The highest BCUT2D eigenvalue weighted by atomic mass is 32.1. The molecule has 0 unspecified atom stereocenters. The quantitative estimate of drug-likeness (QED) is 0.874. The van der Waals surface area contributed by atoms with Crippen molar-refractivity contribution in [1.29, 1.82) is 0 Å². The van der Waals surface area contributed by atoms with Gasteiger partial charge in [-0.3, -0.25) is 4.90 Å². The lowest BCUT2D eigenvalue weighted by molar-refractivity contribution is 0.242. The monoisotopic (exact) mass is 300 g/mol. The maximum atomic E-state index is 4.83. The van der Waals surface area contributed by atoms with Crippen molar-refractivity contribution >= 4 is 11.3 Å². The Hall–Kier alpha value is -1.33. The van der Waals surface area contributed by atoms with Crippen molar-refractivity contribution in [2.24, 2.45) is 0 Å². The third kappa shape index (κ3) is 2.72. The average molecular weight is 300 g/mol. The van der Waals surface area contributed by atoms with Gasteiger partial charge in [-0.15, -0.1) is 11.3 Å². The third-order valence-electron chi connectivity index (χ3n) is 4.35. The third-order valence-corrected chi connectivity index (χ3v) is 5.41. The van der Waals surface area contributed by atoms with Gasteiger partial charge in [-0.05, 0) is 38.7 Å². The Morgan fingerprint density at radius 1 is 1.29 bits per heavy atom. The fraction of sp³-hybridized carbons (Fsp3) is 0.562. The van der Waals surface area contributed by atoms with Crippen molar-refractivity contribution in [3.05, 3.63) is 38.9 Å². The highest BCUT2D eigenvalue weighted by Gasteiger charge is 2.28. The Balaban J connectivity index is 1.52. The molecule has 2 aliphatic rings. The summed E-state index contributed by atoms with van der Waals surface area (Å²) in [6, 6.07) is 0. The van der Waals surface area contributed by atoms with E-state index in [1.807, 2.05) is 11.3 Å². The summed E-state index contributed by atoms with van der Waals surface area (Å²) in [6.45, 7) is 7.24. The molecule has 4 rings (SSSR count). The maximum Gasteiger partial charge on any atom is 0.131 e. The zero-order valence-electron chi connectivity index (χ0n) is 12.6. The predicted molar refractivity (Wildman–Crippen MR) is 83.4 cm³/mol. The molecule has 21 heavy (non-hydrogen) atoms. The lowest BCUT2D eigenvalue weighted by Gasteiger charge is -2.27. The fourth-order valence-electron chi connectivity index (χ4n) is 2.97. The van der Waals surface area contributed by atoms with Gasteiger partial charge in [0.25, 0.3) is 0 Å². The molecule has 4 nitrogen and oxygen atoms in total. The molecule has 0 bridgehead atoms. The molecule has 110 valence electrons. The average Bonchev–Trinajstić information content (AvgIpc) is 3.26. The first-order valence-corrected chi connectivity index (χ1v) is 8.50. The van der Waals surface area contributed by atoms with Crippen molar-refractivity contribution in [2.45, 2.75) is 52.1 Å². The van der Waals surface area contributed by atoms with E-state index in [1.165, 1.54) is 39.7 Å². The van der Waals surface area contributed by atoms with Crippen molar-refractivity contribution in [3.8, 4) is 0 Å². The van der Waals surface area contributed by atoms with Gasteiger partial charge in [0.05, 0.1) is 16.4 Å². The van der Waals surface area contributed by atoms with E-state index >= 15 is 0 Å². The van der Waals surface area contributed by atoms with Crippen molar-refractivity contribution < 1.29 is 0 Å². The zero-order chi connectivity index (χ0) is 14.4. The largest absolute Gasteiger partial charge is 0.292 e. The molecular weight excluding hydrogens is 280 g/mol. The molecule has 2 aromatic heterocycles. The van der Waals surface area contributed by atoms with E-state index < -0.39 is 0 Å². The van der Waals surface area contributed by atoms with Crippen LogP contribution in [0.15, 0.2) is 6.20 Å². The maximum absolute atomic E-state index is 4.83. The Kier molecular flexibility index (Phi) is 3.27. The number of fused-ring (bicyclic) bond motifs is 1. The van der Waals surface area contributed by atoms with Gasteiger partial charge in [0.15, 0.2) is 0 Å². The van der Waals surface area contributed by atoms with E-state index in [9.17, 15) is 0 Å². The second-order valence-corrected chi connectivity index (χ2v) is 7.46. The Morgan fingerprint density at radius 3 is 2.86 bits per heavy atom. The minimum atomic E-state index is 0.636. The van der Waals surface area contributed by atoms with Crippen LogP contribution in [0.25, 0.3) is 0 Å². The number of aryl methyl sites for hydroxylation is 2. The molecule has 2 aromatic rings. The number of thiazole rings is 1. The normalized spacial score (nSPS) is 18.8. The summed E-state index contributed by atoms with van der Waals surface area (Å²) in [5.41, 5.74) is 3.77. The highest BCUT2D eigenvalue weighted by molar-refractivity contribution is 7.11. The first-order chi connectivity index (χ1) is 10.2. The highest BCUT2D eigenvalue weighted by Crippen LogP contribution is 2.38. The standard InChI is InChI=1S/C16H20N4S/c1-10-15(21-11(2)18-10)9-20-6-5-13-7-17-16(12-3-4-12)19-14(13)8-20/h7,12H,3-6,8-9H2,1-2H3. The molecule has 1 fully saturated rings. The first-order valence-electron chi connectivity index (χ1n) is 7.69. The van der Waals surface area contributed by atoms with Crippen molar-refractivity contribution in [1.82, 2.24) is 19.9 Å². The molecule has 0 spiro atoms. The molecular formula is C16H20N4S. The predicted octanol–water partition coefficient (Wildman–Crippen LogP) is 2.99. The van der Waals surface area contributed by atoms with E-state index in [0.717, 1.165) is 31.9 Å². The fourth-order valence-corrected chi connectivity index (χ4v) is 3.95. The Bertz CT molecular complexity index is 675. The van der Waals surface area contributed by atoms with E-state index in [-0.39, 0.29) is 0 Å². The molecule has 1 aliphatic carbocycles. The summed E-state index contributed by atoms with van der Waals surface area (Å²) in [7, 11) is 0. The smallest absolute Gasteiger partial charge is 0.131 e. The van der Waals surface area contributed by atoms with Crippen molar-refractivity contribution in [2.75, 3.05) is 6.54 Å². The first kappa shape index (κ1) is 13.3. The molecule has 0 atom stereocenters. The van der Waals surface area contributed by atoms with E-state index in [2.05, 4.69) is 34.9 Å². The number of hydrogen-bond acceptors (Lipinski definition) is 5. The van der Waals surface area contributed by atoms with Crippen LogP contribution in [0.3, 0.4) is 0 Å². The summed E-state index contributed by atoms with van der Waals surface area (Å²) in [5, 5.41) is 1.17. The zero-order valence-corrected chi connectivity index (χ0v) is 13.4. The van der Waals surface area contributed by atoms with Gasteiger partial charge in [-0.1, -0.05) is 0 Å². The summed E-state index contributed by atoms with van der Waals surface area (Å²) in [4.78, 5) is 17.8. The molecule has 0 saturated heterocycles. The molecule has 0 radical (unpaired) electrons. The van der Waals surface area contributed by atoms with Crippen molar-refractivity contribution in [3.63, 3.8) is 0 Å². The van der Waals surface area contributed by atoms with E-state index in [4.69, 9.17) is 4.98 Å². The minimum absolute atomic E-state index is 0.636. The summed E-state index contributed by atoms with van der Waals surface area (Å²) < 4.78 is 0. The summed E-state index contributed by atoms with van der Waals surface area (Å²) >= 11 is 1.82. The number of rotatable bonds is 3. The van der Waals surface area contributed by atoms with Gasteiger partial charge in [0.1, 0.15) is 5.82 Å². The molecule has 0 aromatic carbocycles. The topological polar surface area (TPSA) is 41.9 Å². The van der Waals surface area contributed by atoms with Gasteiger partial charge < -0.3 is 0 Å². The molecule has 3 heterocycles. The summed E-state index contributed by atoms with van der Waals surface area (Å²) in [5.74, 6) is 1.71. The van der Waals surface area contributed by atoms with Crippen LogP contribution < -0.4 is 0 Å². The molecule has 0 N–H and O–H groups in total. The minimum Gasteiger partial charge on any atom is -0.292 e. The lowest BCUT2D eigenvalue weighted by atomic mass is 10.1. The number of nitrogens with zero attached hydrogens (tertiary/aromatic N) is 4. The molecule has 0 amide bonds. The van der Waals surface area contributed by atoms with Crippen LogP contribution in [0.1, 0.15) is 51.4 Å². The number of hydrogen-bond donors (Lipinski definition) is 0. The van der Waals surface area contributed by atoms with Crippen LogP contribution in [-0.4, -0.2) is 26.4 Å². The van der Waals surface area contributed by atoms with E-state index in [0.29, 0.717) is 5.92 Å². The molecule has 1 aliphatic heterocycles. The van der Waals surface area contributed by atoms with Crippen LogP contribution in [0.4, 0.5) is 0 Å². The van der Waals surface area contributed by atoms with Gasteiger partial charge in [-0.2, -0.15) is 0 Å². The van der Waals surface area contributed by atoms with Crippen LogP contribution in [0.2, 0.25) is 0 Å². The number of aromatic nitrogens is 3. The molecule has 1 saturated carbocycles. The van der Waals surface area contributed by atoms with Crippen LogP contribution in [-0.2, 0) is 19.5 Å². The SMILES string of the molecule is Cc1nc(C)c(CN2CCc3cnc(C4CC4)nc3C2)s1. The Labute approximate surface area is 129 Å². The second kappa shape index (κ2) is 5.14. The van der Waals surface area contributed by atoms with Gasteiger partial charge in [0, 0.05) is 36.6 Å². The van der Waals surface area contributed by atoms with Crippen LogP contribution in [0.5, 0.6) is 0 Å². The van der Waals surface area contributed by atoms with Crippen LogP contribution >= 0.6 is 11.3 Å². The van der Waals surface area contributed by atoms with E-state index in [1.54, 1.807) is 0 Å². The lowest BCUT2D eigenvalue weighted by Crippen LogP contribution is -2.31. The van der Waals surface area contributed by atoms with Gasteiger partial charge in [0.2, 0.25) is 0 Å².